The summed E-state index contributed by atoms with van der Waals surface area (Å²) in [6, 6.07) is 3.30. The molecule has 1 atom stereocenters. The Morgan fingerprint density at radius 1 is 1.56 bits per heavy atom. The largest absolute Gasteiger partial charge is 0.444 e. The molecule has 0 aliphatic rings. The first kappa shape index (κ1) is 13.6. The number of hydrogen-bond donors (Lipinski definition) is 1. The van der Waals surface area contributed by atoms with Gasteiger partial charge in [-0.25, -0.2) is 0 Å². The maximum absolute atomic E-state index is 11.6. The van der Waals surface area contributed by atoms with Gasteiger partial charge >= 0.3 is 0 Å². The molecule has 0 aliphatic carbocycles. The minimum atomic E-state index is -0.236. The predicted octanol–water partition coefficient (Wildman–Crippen LogP) is 3.43. The Morgan fingerprint density at radius 2 is 2.25 bits per heavy atom. The van der Waals surface area contributed by atoms with Crippen molar-refractivity contribution in [1.82, 2.24) is 5.32 Å². The van der Waals surface area contributed by atoms with Gasteiger partial charge in [-0.1, -0.05) is 13.8 Å². The van der Waals surface area contributed by atoms with Gasteiger partial charge < -0.3 is 9.73 Å². The maximum Gasteiger partial charge on any atom is 0.287 e. The highest BCUT2D eigenvalue weighted by Gasteiger charge is 2.13. The van der Waals surface area contributed by atoms with Crippen LogP contribution in [-0.2, 0) is 0 Å². The van der Waals surface area contributed by atoms with E-state index in [1.807, 2.05) is 0 Å². The fourth-order valence-corrected chi connectivity index (χ4v) is 2.06. The Bertz CT molecular complexity index is 352. The molecule has 1 aromatic heterocycles. The summed E-state index contributed by atoms with van der Waals surface area (Å²) in [4.78, 5) is 11.6. The molecular formula is C11H15BrClNO2. The van der Waals surface area contributed by atoms with Gasteiger partial charge in [-0.2, -0.15) is 0 Å². The molecule has 0 fully saturated rings. The molecule has 1 N–H and O–H groups in total. The molecule has 5 heteroatoms. The molecule has 1 unspecified atom stereocenters. The van der Waals surface area contributed by atoms with Crippen LogP contribution in [0.2, 0.25) is 0 Å². The smallest absolute Gasteiger partial charge is 0.287 e. The lowest BCUT2D eigenvalue weighted by Gasteiger charge is -2.12. The van der Waals surface area contributed by atoms with Crippen LogP contribution >= 0.6 is 27.5 Å². The Labute approximate surface area is 109 Å². The van der Waals surface area contributed by atoms with Crippen molar-refractivity contribution in [3.63, 3.8) is 0 Å². The molecule has 1 rings (SSSR count). The third-order valence-electron chi connectivity index (χ3n) is 2.01. The highest BCUT2D eigenvalue weighted by Crippen LogP contribution is 2.14. The van der Waals surface area contributed by atoms with Gasteiger partial charge in [0.25, 0.3) is 5.91 Å². The van der Waals surface area contributed by atoms with Gasteiger partial charge in [0.2, 0.25) is 0 Å². The average Bonchev–Trinajstić information content (AvgIpc) is 2.60. The zero-order valence-corrected chi connectivity index (χ0v) is 11.6. The predicted molar refractivity (Wildman–Crippen MR) is 67.8 cm³/mol. The summed E-state index contributed by atoms with van der Waals surface area (Å²) in [5.41, 5.74) is 0. The van der Waals surface area contributed by atoms with Crippen molar-refractivity contribution in [2.75, 3.05) is 6.54 Å². The van der Waals surface area contributed by atoms with Gasteiger partial charge in [-0.15, -0.1) is 11.6 Å². The van der Waals surface area contributed by atoms with Crippen LogP contribution in [0, 0.1) is 5.92 Å². The van der Waals surface area contributed by atoms with E-state index < -0.39 is 0 Å². The minimum absolute atomic E-state index is 0.0395. The van der Waals surface area contributed by atoms with Crippen molar-refractivity contribution in [1.29, 1.82) is 0 Å². The van der Waals surface area contributed by atoms with Crippen LogP contribution in [0.1, 0.15) is 30.8 Å². The monoisotopic (exact) mass is 307 g/mol. The van der Waals surface area contributed by atoms with E-state index in [2.05, 4.69) is 35.1 Å². The Hall–Kier alpha value is -0.480. The fourth-order valence-electron chi connectivity index (χ4n) is 1.32. The van der Waals surface area contributed by atoms with E-state index in [4.69, 9.17) is 16.0 Å². The number of nitrogens with one attached hydrogen (secondary N) is 1. The zero-order chi connectivity index (χ0) is 12.1. The molecule has 90 valence electrons. The molecule has 0 bridgehead atoms. The molecule has 0 aromatic carbocycles. The van der Waals surface area contributed by atoms with Crippen LogP contribution in [0.5, 0.6) is 0 Å². The highest BCUT2D eigenvalue weighted by atomic mass is 79.9. The standard InChI is InChI=1S/C11H15BrClNO2/c1-7(2)5-8(13)6-14-11(15)9-3-4-10(12)16-9/h3-4,7-8H,5-6H2,1-2H3,(H,14,15). The first-order valence-electron chi connectivity index (χ1n) is 5.16. The zero-order valence-electron chi connectivity index (χ0n) is 9.30. The van der Waals surface area contributed by atoms with E-state index >= 15 is 0 Å². The van der Waals surface area contributed by atoms with Gasteiger partial charge in [0.1, 0.15) is 0 Å². The van der Waals surface area contributed by atoms with E-state index in [9.17, 15) is 4.79 Å². The van der Waals surface area contributed by atoms with Crippen LogP contribution in [0.4, 0.5) is 0 Å². The Morgan fingerprint density at radius 3 is 2.75 bits per heavy atom. The summed E-state index contributed by atoms with van der Waals surface area (Å²) in [5, 5.41) is 2.69. The number of alkyl halides is 1. The summed E-state index contributed by atoms with van der Waals surface area (Å²) >= 11 is 9.20. The molecule has 1 heterocycles. The molecule has 0 radical (unpaired) electrons. The quantitative estimate of drug-likeness (QED) is 0.847. The maximum atomic E-state index is 11.6. The first-order chi connectivity index (χ1) is 7.49. The summed E-state index contributed by atoms with van der Waals surface area (Å²) in [6.45, 7) is 4.65. The van der Waals surface area contributed by atoms with Gasteiger partial charge in [0.15, 0.2) is 10.4 Å². The number of amides is 1. The van der Waals surface area contributed by atoms with Crippen LogP contribution in [0.15, 0.2) is 21.2 Å². The summed E-state index contributed by atoms with van der Waals surface area (Å²) < 4.78 is 5.66. The topological polar surface area (TPSA) is 42.2 Å². The first-order valence-corrected chi connectivity index (χ1v) is 6.39. The van der Waals surface area contributed by atoms with Gasteiger partial charge in [0.05, 0.1) is 5.38 Å². The molecule has 0 aliphatic heterocycles. The van der Waals surface area contributed by atoms with E-state index in [1.54, 1.807) is 12.1 Å². The number of furan rings is 1. The number of rotatable bonds is 5. The molecule has 0 saturated heterocycles. The van der Waals surface area contributed by atoms with E-state index in [0.29, 0.717) is 22.9 Å². The molecule has 0 saturated carbocycles. The fraction of sp³-hybridized carbons (Fsp3) is 0.545. The third-order valence-corrected chi connectivity index (χ3v) is 2.77. The number of hydrogen-bond acceptors (Lipinski definition) is 2. The van der Waals surface area contributed by atoms with E-state index in [1.165, 1.54) is 0 Å². The van der Waals surface area contributed by atoms with Crippen LogP contribution in [0.25, 0.3) is 0 Å². The van der Waals surface area contributed by atoms with E-state index in [0.717, 1.165) is 6.42 Å². The van der Waals surface area contributed by atoms with Crippen molar-refractivity contribution in [2.24, 2.45) is 5.92 Å². The second kappa shape index (κ2) is 6.30. The Balaban J connectivity index is 2.35. The average molecular weight is 309 g/mol. The molecule has 0 spiro atoms. The van der Waals surface area contributed by atoms with Gasteiger partial charge in [-0.05, 0) is 40.4 Å². The van der Waals surface area contributed by atoms with E-state index in [-0.39, 0.29) is 11.3 Å². The molecule has 3 nitrogen and oxygen atoms in total. The number of halogens is 2. The van der Waals surface area contributed by atoms with Crippen LogP contribution < -0.4 is 5.32 Å². The Kier molecular flexibility index (Phi) is 5.35. The molecule has 1 aromatic rings. The van der Waals surface area contributed by atoms with Gasteiger partial charge in [-0.3, -0.25) is 4.79 Å². The molecule has 1 amide bonds. The van der Waals surface area contributed by atoms with Crippen molar-refractivity contribution in [3.8, 4) is 0 Å². The summed E-state index contributed by atoms with van der Waals surface area (Å²) in [6.07, 6.45) is 0.879. The molecule has 16 heavy (non-hydrogen) atoms. The van der Waals surface area contributed by atoms with Crippen molar-refractivity contribution in [3.05, 3.63) is 22.6 Å². The lowest BCUT2D eigenvalue weighted by atomic mass is 10.1. The minimum Gasteiger partial charge on any atom is -0.444 e. The lowest BCUT2D eigenvalue weighted by Crippen LogP contribution is -2.30. The van der Waals surface area contributed by atoms with Crippen LogP contribution in [-0.4, -0.2) is 17.8 Å². The molecular weight excluding hydrogens is 293 g/mol. The number of carbonyl (C=O) groups excluding carboxylic acids is 1. The third kappa shape index (κ3) is 4.58. The SMILES string of the molecule is CC(C)CC(Cl)CNC(=O)c1ccc(Br)o1. The summed E-state index contributed by atoms with van der Waals surface area (Å²) in [5.74, 6) is 0.581. The normalized spacial score (nSPS) is 12.8. The van der Waals surface area contributed by atoms with Crippen molar-refractivity contribution >= 4 is 33.4 Å². The van der Waals surface area contributed by atoms with Crippen LogP contribution in [0.3, 0.4) is 0 Å². The lowest BCUT2D eigenvalue weighted by molar-refractivity contribution is 0.0924. The van der Waals surface area contributed by atoms with Crippen molar-refractivity contribution < 1.29 is 9.21 Å². The highest BCUT2D eigenvalue weighted by molar-refractivity contribution is 9.10. The van der Waals surface area contributed by atoms with Crippen molar-refractivity contribution in [2.45, 2.75) is 25.6 Å². The second-order valence-corrected chi connectivity index (χ2v) is 5.44. The second-order valence-electron chi connectivity index (χ2n) is 4.04. The summed E-state index contributed by atoms with van der Waals surface area (Å²) in [7, 11) is 0. The number of carbonyl (C=O) groups is 1. The van der Waals surface area contributed by atoms with Gasteiger partial charge in [0, 0.05) is 6.54 Å².